The van der Waals surface area contributed by atoms with Crippen LogP contribution in [0.25, 0.3) is 0 Å². The van der Waals surface area contributed by atoms with E-state index >= 15 is 0 Å². The van der Waals surface area contributed by atoms with Gasteiger partial charge in [-0.05, 0) is 42.8 Å². The number of nitrogens with zero attached hydrogens (tertiary/aromatic N) is 1. The fraction of sp³-hybridized carbons (Fsp3) is 0.111. The molecular weight excluding hydrogens is 390 g/mol. The predicted molar refractivity (Wildman–Crippen MR) is 101 cm³/mol. The Labute approximate surface area is 153 Å². The first-order chi connectivity index (χ1) is 11.5. The van der Waals surface area contributed by atoms with Gasteiger partial charge >= 0.3 is 0 Å². The molecule has 4 nitrogen and oxygen atoms in total. The van der Waals surface area contributed by atoms with Gasteiger partial charge in [-0.1, -0.05) is 45.7 Å². The average molecular weight is 405 g/mol. The number of hydrogen-bond acceptors (Lipinski definition) is 3. The molecule has 3 rings (SSSR count). The number of aryl methyl sites for hydroxylation is 1. The van der Waals surface area contributed by atoms with Crippen molar-refractivity contribution in [3.05, 3.63) is 85.2 Å². The van der Waals surface area contributed by atoms with Crippen LogP contribution in [0, 0.1) is 6.92 Å². The average Bonchev–Trinajstić information content (AvgIpc) is 2.53. The molecule has 2 aromatic carbocycles. The van der Waals surface area contributed by atoms with E-state index in [9.17, 15) is 4.79 Å². The Bertz CT molecular complexity index is 922. The third kappa shape index (κ3) is 4.04. The molecule has 3 aromatic rings. The van der Waals surface area contributed by atoms with Gasteiger partial charge in [-0.2, -0.15) is 0 Å². The Kier molecular flexibility index (Phi) is 5.02. The summed E-state index contributed by atoms with van der Waals surface area (Å²) in [5.74, 6) is 0.426. The molecular formula is C18H15BrClN3O. The molecule has 0 radical (unpaired) electrons. The van der Waals surface area contributed by atoms with E-state index in [-0.39, 0.29) is 5.56 Å². The molecule has 0 fully saturated rings. The Morgan fingerprint density at radius 2 is 1.96 bits per heavy atom. The number of rotatable bonds is 4. The molecule has 0 aliphatic rings. The van der Waals surface area contributed by atoms with Gasteiger partial charge in [-0.15, -0.1) is 0 Å². The highest BCUT2D eigenvalue weighted by Gasteiger charge is 2.09. The van der Waals surface area contributed by atoms with Gasteiger partial charge in [0.2, 0.25) is 5.95 Å². The minimum absolute atomic E-state index is 0.144. The molecule has 0 atom stereocenters. The fourth-order valence-corrected chi connectivity index (χ4v) is 2.91. The van der Waals surface area contributed by atoms with E-state index < -0.39 is 0 Å². The van der Waals surface area contributed by atoms with Crippen LogP contribution in [0.2, 0.25) is 5.02 Å². The third-order valence-electron chi connectivity index (χ3n) is 3.60. The lowest BCUT2D eigenvalue weighted by Gasteiger charge is -2.09. The van der Waals surface area contributed by atoms with E-state index in [1.54, 1.807) is 0 Å². The second-order valence-corrected chi connectivity index (χ2v) is 6.77. The highest BCUT2D eigenvalue weighted by atomic mass is 79.9. The molecule has 0 aliphatic heterocycles. The van der Waals surface area contributed by atoms with E-state index in [1.165, 1.54) is 0 Å². The number of aromatic nitrogens is 2. The van der Waals surface area contributed by atoms with Crippen LogP contribution in [-0.2, 0) is 6.42 Å². The van der Waals surface area contributed by atoms with Gasteiger partial charge in [-0.3, -0.25) is 9.78 Å². The summed E-state index contributed by atoms with van der Waals surface area (Å²) in [6, 6.07) is 15.1. The van der Waals surface area contributed by atoms with Crippen LogP contribution in [0.15, 0.2) is 57.8 Å². The van der Waals surface area contributed by atoms with Gasteiger partial charge in [0.15, 0.2) is 0 Å². The maximum atomic E-state index is 12.4. The van der Waals surface area contributed by atoms with Crippen molar-refractivity contribution in [2.45, 2.75) is 13.3 Å². The van der Waals surface area contributed by atoms with E-state index in [0.29, 0.717) is 28.6 Å². The zero-order valence-corrected chi connectivity index (χ0v) is 15.3. The molecule has 6 heteroatoms. The van der Waals surface area contributed by atoms with Crippen molar-refractivity contribution in [1.82, 2.24) is 9.97 Å². The van der Waals surface area contributed by atoms with E-state index in [1.807, 2.05) is 55.5 Å². The molecule has 0 bridgehead atoms. The van der Waals surface area contributed by atoms with Crippen LogP contribution in [0.5, 0.6) is 0 Å². The largest absolute Gasteiger partial charge is 0.326 e. The Hall–Kier alpha value is -2.11. The molecule has 2 N–H and O–H groups in total. The summed E-state index contributed by atoms with van der Waals surface area (Å²) in [5, 5.41) is 3.79. The number of halogens is 2. The van der Waals surface area contributed by atoms with Gasteiger partial charge in [-0.25, -0.2) is 4.98 Å². The molecule has 1 aromatic heterocycles. The molecule has 0 saturated carbocycles. The first-order valence-corrected chi connectivity index (χ1v) is 8.55. The Balaban J connectivity index is 1.85. The lowest BCUT2D eigenvalue weighted by atomic mass is 10.1. The van der Waals surface area contributed by atoms with Crippen molar-refractivity contribution >= 4 is 39.2 Å². The molecule has 1 heterocycles. The zero-order chi connectivity index (χ0) is 17.1. The van der Waals surface area contributed by atoms with Crippen LogP contribution in [0.4, 0.5) is 11.6 Å². The molecule has 0 aliphatic carbocycles. The molecule has 122 valence electrons. The summed E-state index contributed by atoms with van der Waals surface area (Å²) >= 11 is 9.31. The quantitative estimate of drug-likeness (QED) is 0.655. The molecule has 24 heavy (non-hydrogen) atoms. The standard InChI is InChI=1S/C18H15BrClN3O/c1-11-16(9-12-5-7-14(20)8-6-12)17(24)23-18(21-11)22-15-4-2-3-13(19)10-15/h2-8,10H,9H2,1H3,(H2,21,22,23,24). The van der Waals surface area contributed by atoms with E-state index in [2.05, 4.69) is 31.2 Å². The maximum absolute atomic E-state index is 12.4. The van der Waals surface area contributed by atoms with Crippen LogP contribution in [-0.4, -0.2) is 9.97 Å². The maximum Gasteiger partial charge on any atom is 0.256 e. The molecule has 0 spiro atoms. The van der Waals surface area contributed by atoms with Crippen molar-refractivity contribution in [3.63, 3.8) is 0 Å². The summed E-state index contributed by atoms with van der Waals surface area (Å²) in [7, 11) is 0. The van der Waals surface area contributed by atoms with Crippen molar-refractivity contribution in [3.8, 4) is 0 Å². The number of aromatic amines is 1. The molecule has 0 unspecified atom stereocenters. The van der Waals surface area contributed by atoms with Crippen molar-refractivity contribution in [2.24, 2.45) is 0 Å². The van der Waals surface area contributed by atoms with Gasteiger partial charge in [0.05, 0.1) is 5.69 Å². The lowest BCUT2D eigenvalue weighted by Crippen LogP contribution is -2.18. The first-order valence-electron chi connectivity index (χ1n) is 7.38. The highest BCUT2D eigenvalue weighted by Crippen LogP contribution is 2.19. The summed E-state index contributed by atoms with van der Waals surface area (Å²) in [4.78, 5) is 19.7. The number of anilines is 2. The third-order valence-corrected chi connectivity index (χ3v) is 4.35. The summed E-state index contributed by atoms with van der Waals surface area (Å²) in [5.41, 5.74) is 3.07. The number of hydrogen-bond donors (Lipinski definition) is 2. The highest BCUT2D eigenvalue weighted by molar-refractivity contribution is 9.10. The van der Waals surface area contributed by atoms with Gasteiger partial charge in [0.1, 0.15) is 0 Å². The number of nitrogens with one attached hydrogen (secondary N) is 2. The van der Waals surface area contributed by atoms with Gasteiger partial charge in [0.25, 0.3) is 5.56 Å². The number of benzene rings is 2. The Morgan fingerprint density at radius 1 is 1.21 bits per heavy atom. The summed E-state index contributed by atoms with van der Waals surface area (Å²) < 4.78 is 0.950. The van der Waals surface area contributed by atoms with Crippen LogP contribution < -0.4 is 10.9 Å². The van der Waals surface area contributed by atoms with Crippen LogP contribution in [0.3, 0.4) is 0 Å². The van der Waals surface area contributed by atoms with Crippen molar-refractivity contribution < 1.29 is 0 Å². The lowest BCUT2D eigenvalue weighted by molar-refractivity contribution is 0.986. The minimum Gasteiger partial charge on any atom is -0.326 e. The fourth-order valence-electron chi connectivity index (χ4n) is 2.39. The second-order valence-electron chi connectivity index (χ2n) is 5.42. The van der Waals surface area contributed by atoms with Crippen LogP contribution >= 0.6 is 27.5 Å². The zero-order valence-electron chi connectivity index (χ0n) is 12.9. The smallest absolute Gasteiger partial charge is 0.256 e. The number of H-pyrrole nitrogens is 1. The summed E-state index contributed by atoms with van der Waals surface area (Å²) in [6.45, 7) is 1.84. The second kappa shape index (κ2) is 7.20. The molecule has 0 saturated heterocycles. The van der Waals surface area contributed by atoms with Crippen molar-refractivity contribution in [2.75, 3.05) is 5.32 Å². The van der Waals surface area contributed by atoms with Gasteiger partial charge < -0.3 is 5.32 Å². The van der Waals surface area contributed by atoms with Gasteiger partial charge in [0, 0.05) is 27.2 Å². The normalized spacial score (nSPS) is 10.6. The monoisotopic (exact) mass is 403 g/mol. The Morgan fingerprint density at radius 3 is 2.62 bits per heavy atom. The summed E-state index contributed by atoms with van der Waals surface area (Å²) in [6.07, 6.45) is 0.516. The predicted octanol–water partition coefficient (Wildman–Crippen LogP) is 4.83. The molecule has 0 amide bonds. The first kappa shape index (κ1) is 16.7. The van der Waals surface area contributed by atoms with Crippen molar-refractivity contribution in [1.29, 1.82) is 0 Å². The van der Waals surface area contributed by atoms with E-state index in [0.717, 1.165) is 15.7 Å². The minimum atomic E-state index is -0.144. The topological polar surface area (TPSA) is 57.8 Å². The van der Waals surface area contributed by atoms with E-state index in [4.69, 9.17) is 11.6 Å². The van der Waals surface area contributed by atoms with Crippen LogP contribution in [0.1, 0.15) is 16.8 Å². The SMILES string of the molecule is Cc1nc(Nc2cccc(Br)c2)[nH]c(=O)c1Cc1ccc(Cl)cc1.